The number of alkyl carbamates (subject to hydrolysis) is 1. The fraction of sp³-hybridized carbons (Fsp3) is 0.333. The molecule has 138 valence electrons. The maximum atomic E-state index is 12.6. The first kappa shape index (κ1) is 19.5. The summed E-state index contributed by atoms with van der Waals surface area (Å²) in [6, 6.07) is 15.7. The third-order valence-electron chi connectivity index (χ3n) is 3.50. The largest absolute Gasteiger partial charge is 0.444 e. The lowest BCUT2D eigenvalue weighted by atomic mass is 10.1. The number of ether oxygens (including phenoxy) is 2. The highest BCUT2D eigenvalue weighted by molar-refractivity contribution is 5.83. The molecular weight excluding hydrogens is 330 g/mol. The lowest BCUT2D eigenvalue weighted by Gasteiger charge is -2.23. The van der Waals surface area contributed by atoms with Crippen molar-refractivity contribution in [1.82, 2.24) is 5.32 Å². The number of nitrogens with one attached hydrogen (secondary N) is 1. The van der Waals surface area contributed by atoms with Crippen LogP contribution in [-0.2, 0) is 16.0 Å². The van der Waals surface area contributed by atoms with E-state index in [1.54, 1.807) is 32.9 Å². The molecule has 0 fully saturated rings. The zero-order valence-electron chi connectivity index (χ0n) is 15.6. The average Bonchev–Trinajstić information content (AvgIpc) is 2.55. The van der Waals surface area contributed by atoms with Crippen LogP contribution in [-0.4, -0.2) is 23.7 Å². The second kappa shape index (κ2) is 8.52. The second-order valence-corrected chi connectivity index (χ2v) is 7.12. The number of hydrogen-bond donors (Lipinski definition) is 1. The van der Waals surface area contributed by atoms with E-state index in [4.69, 9.17) is 9.47 Å². The molecule has 0 spiro atoms. The second-order valence-electron chi connectivity index (χ2n) is 7.12. The molecule has 5 nitrogen and oxygen atoms in total. The minimum absolute atomic E-state index is 0.310. The standard InChI is InChI=1S/C21H25NO4/c1-15-10-12-17(13-11-15)25-19(23)18(14-16-8-6-5-7-9-16)22-20(24)26-21(2,3)4/h5-13,18H,14H2,1-4H3,(H,22,24)/t18-/m1/s1. The summed E-state index contributed by atoms with van der Waals surface area (Å²) >= 11 is 0. The Morgan fingerprint density at radius 3 is 2.19 bits per heavy atom. The minimum Gasteiger partial charge on any atom is -0.444 e. The maximum absolute atomic E-state index is 12.6. The number of aryl methyl sites for hydroxylation is 1. The number of amides is 1. The van der Waals surface area contributed by atoms with Crippen LogP contribution in [0.3, 0.4) is 0 Å². The summed E-state index contributed by atoms with van der Waals surface area (Å²) in [6.07, 6.45) is -0.343. The van der Waals surface area contributed by atoms with Crippen molar-refractivity contribution in [2.75, 3.05) is 0 Å². The van der Waals surface area contributed by atoms with Crippen molar-refractivity contribution in [3.63, 3.8) is 0 Å². The van der Waals surface area contributed by atoms with Crippen LogP contribution in [0.4, 0.5) is 4.79 Å². The molecule has 0 saturated heterocycles. The zero-order chi connectivity index (χ0) is 19.2. The van der Waals surface area contributed by atoms with Crippen molar-refractivity contribution >= 4 is 12.1 Å². The van der Waals surface area contributed by atoms with E-state index in [1.165, 1.54) is 0 Å². The van der Waals surface area contributed by atoms with Gasteiger partial charge < -0.3 is 14.8 Å². The van der Waals surface area contributed by atoms with Crippen LogP contribution in [0.1, 0.15) is 31.9 Å². The molecule has 1 atom stereocenters. The molecule has 0 saturated carbocycles. The minimum atomic E-state index is -0.853. The van der Waals surface area contributed by atoms with Gasteiger partial charge >= 0.3 is 12.1 Å². The van der Waals surface area contributed by atoms with Crippen LogP contribution in [0, 0.1) is 6.92 Å². The summed E-state index contributed by atoms with van der Waals surface area (Å²) in [4.78, 5) is 24.7. The van der Waals surface area contributed by atoms with E-state index in [-0.39, 0.29) is 0 Å². The monoisotopic (exact) mass is 355 g/mol. The van der Waals surface area contributed by atoms with Gasteiger partial charge in [0.25, 0.3) is 0 Å². The molecule has 2 aromatic rings. The quantitative estimate of drug-likeness (QED) is 0.649. The van der Waals surface area contributed by atoms with Gasteiger partial charge in [-0.05, 0) is 45.4 Å². The van der Waals surface area contributed by atoms with Crippen LogP contribution in [0.5, 0.6) is 5.75 Å². The normalized spacial score (nSPS) is 12.2. The molecule has 1 N–H and O–H groups in total. The van der Waals surface area contributed by atoms with Crippen LogP contribution in [0.25, 0.3) is 0 Å². The van der Waals surface area contributed by atoms with Gasteiger partial charge in [-0.25, -0.2) is 9.59 Å². The Bertz CT molecular complexity index is 733. The first-order valence-electron chi connectivity index (χ1n) is 8.55. The molecule has 0 aliphatic rings. The lowest BCUT2D eigenvalue weighted by Crippen LogP contribution is -2.46. The molecule has 2 aromatic carbocycles. The average molecular weight is 355 g/mol. The van der Waals surface area contributed by atoms with E-state index in [2.05, 4.69) is 5.32 Å². The highest BCUT2D eigenvalue weighted by atomic mass is 16.6. The number of esters is 1. The maximum Gasteiger partial charge on any atom is 0.408 e. The van der Waals surface area contributed by atoms with E-state index in [0.29, 0.717) is 12.2 Å². The third-order valence-corrected chi connectivity index (χ3v) is 3.50. The smallest absolute Gasteiger partial charge is 0.408 e. The summed E-state index contributed by atoms with van der Waals surface area (Å²) in [5, 5.41) is 2.62. The Balaban J connectivity index is 2.11. The van der Waals surface area contributed by atoms with Crippen LogP contribution < -0.4 is 10.1 Å². The van der Waals surface area contributed by atoms with E-state index in [9.17, 15) is 9.59 Å². The Labute approximate surface area is 154 Å². The molecule has 5 heteroatoms. The van der Waals surface area contributed by atoms with Crippen LogP contribution in [0.15, 0.2) is 54.6 Å². The van der Waals surface area contributed by atoms with Crippen molar-refractivity contribution in [2.24, 2.45) is 0 Å². The van der Waals surface area contributed by atoms with Crippen LogP contribution in [0.2, 0.25) is 0 Å². The molecule has 0 aliphatic heterocycles. The number of carbonyl (C=O) groups excluding carboxylic acids is 2. The SMILES string of the molecule is Cc1ccc(OC(=O)[C@@H](Cc2ccccc2)NC(=O)OC(C)(C)C)cc1. The summed E-state index contributed by atoms with van der Waals surface area (Å²) in [5.41, 5.74) is 1.33. The van der Waals surface area contributed by atoms with Gasteiger partial charge in [0.15, 0.2) is 0 Å². The van der Waals surface area contributed by atoms with Gasteiger partial charge in [-0.3, -0.25) is 0 Å². The van der Waals surface area contributed by atoms with Crippen molar-refractivity contribution in [3.8, 4) is 5.75 Å². The van der Waals surface area contributed by atoms with Crippen molar-refractivity contribution in [3.05, 3.63) is 65.7 Å². The molecule has 0 bridgehead atoms. The number of carbonyl (C=O) groups is 2. The predicted octanol–water partition coefficient (Wildman–Crippen LogP) is 4.04. The zero-order valence-corrected chi connectivity index (χ0v) is 15.6. The number of rotatable bonds is 5. The molecule has 0 radical (unpaired) electrons. The highest BCUT2D eigenvalue weighted by Gasteiger charge is 2.26. The summed E-state index contributed by atoms with van der Waals surface area (Å²) < 4.78 is 10.7. The fourth-order valence-corrected chi connectivity index (χ4v) is 2.29. The molecule has 0 aromatic heterocycles. The van der Waals surface area contributed by atoms with Gasteiger partial charge in [0.2, 0.25) is 0 Å². The topological polar surface area (TPSA) is 64.6 Å². The van der Waals surface area contributed by atoms with Crippen LogP contribution >= 0.6 is 0 Å². The Hall–Kier alpha value is -2.82. The van der Waals surface area contributed by atoms with Crippen molar-refractivity contribution in [1.29, 1.82) is 0 Å². The Morgan fingerprint density at radius 1 is 1.00 bits per heavy atom. The summed E-state index contributed by atoms with van der Waals surface area (Å²) in [6.45, 7) is 7.25. The molecule has 2 rings (SSSR count). The van der Waals surface area contributed by atoms with E-state index < -0.39 is 23.7 Å². The highest BCUT2D eigenvalue weighted by Crippen LogP contribution is 2.14. The van der Waals surface area contributed by atoms with Crippen molar-refractivity contribution in [2.45, 2.75) is 45.8 Å². The fourth-order valence-electron chi connectivity index (χ4n) is 2.29. The van der Waals surface area contributed by atoms with Gasteiger partial charge in [0, 0.05) is 6.42 Å². The van der Waals surface area contributed by atoms with Crippen molar-refractivity contribution < 1.29 is 19.1 Å². The predicted molar refractivity (Wildman–Crippen MR) is 100 cm³/mol. The Morgan fingerprint density at radius 2 is 1.62 bits per heavy atom. The third kappa shape index (κ3) is 6.59. The first-order chi connectivity index (χ1) is 12.2. The van der Waals surface area contributed by atoms with E-state index in [0.717, 1.165) is 11.1 Å². The molecular formula is C21H25NO4. The molecule has 1 amide bonds. The van der Waals surface area contributed by atoms with Gasteiger partial charge in [0.1, 0.15) is 17.4 Å². The lowest BCUT2D eigenvalue weighted by molar-refractivity contribution is -0.136. The molecule has 0 heterocycles. The molecule has 0 aliphatic carbocycles. The summed E-state index contributed by atoms with van der Waals surface area (Å²) in [7, 11) is 0. The molecule has 26 heavy (non-hydrogen) atoms. The van der Waals surface area contributed by atoms with Gasteiger partial charge in [0.05, 0.1) is 0 Å². The Kier molecular flexibility index (Phi) is 6.39. The van der Waals surface area contributed by atoms with Gasteiger partial charge in [-0.15, -0.1) is 0 Å². The molecule has 0 unspecified atom stereocenters. The number of benzene rings is 2. The van der Waals surface area contributed by atoms with Gasteiger partial charge in [-0.2, -0.15) is 0 Å². The van der Waals surface area contributed by atoms with Gasteiger partial charge in [-0.1, -0.05) is 48.0 Å². The number of hydrogen-bond acceptors (Lipinski definition) is 4. The van der Waals surface area contributed by atoms with E-state index >= 15 is 0 Å². The summed E-state index contributed by atoms with van der Waals surface area (Å²) in [5.74, 6) is -0.104. The first-order valence-corrected chi connectivity index (χ1v) is 8.55. The van der Waals surface area contributed by atoms with E-state index in [1.807, 2.05) is 49.4 Å².